The van der Waals surface area contributed by atoms with Crippen molar-refractivity contribution >= 4 is 61.7 Å². The van der Waals surface area contributed by atoms with E-state index in [0.29, 0.717) is 40.8 Å². The summed E-state index contributed by atoms with van der Waals surface area (Å²) >= 11 is 3.62. The molecule has 1 heterocycles. The number of halogens is 1. The molecule has 0 aliphatic heterocycles. The molecule has 5 rings (SSSR count). The van der Waals surface area contributed by atoms with Crippen LogP contribution in [0.25, 0.3) is 16.8 Å². The molecule has 6 nitrogen and oxygen atoms in total. The SMILES string of the molecule is CCOc1cc(/C=C(\C#N)C(=O)Nc2sc3c(c2C#N)CCCC3)cc(I)c1OCc1cccc2ccccc12. The standard InChI is InChI=1S/C32H26IN3O3S/c1-2-38-28-16-20(15-27(33)30(28)39-19-22-10-7-9-21-8-3-4-11-24(21)22)14-23(17-34)31(37)36-32-26(18-35)25-12-5-6-13-29(25)40-32/h3-4,7-11,14-16H,2,5-6,12-13,19H2,1H3,(H,36,37)/b23-14+. The van der Waals surface area contributed by atoms with Crippen LogP contribution in [0.15, 0.2) is 60.2 Å². The maximum Gasteiger partial charge on any atom is 0.266 e. The molecule has 8 heteroatoms. The second-order valence-electron chi connectivity index (χ2n) is 9.34. The molecule has 0 bridgehead atoms. The Balaban J connectivity index is 1.39. The number of amides is 1. The van der Waals surface area contributed by atoms with Gasteiger partial charge in [-0.25, -0.2) is 0 Å². The number of anilines is 1. The van der Waals surface area contributed by atoms with E-state index in [1.807, 2.05) is 43.3 Å². The fourth-order valence-corrected chi connectivity index (χ4v) is 6.92. The molecule has 1 amide bonds. The summed E-state index contributed by atoms with van der Waals surface area (Å²) in [6.07, 6.45) is 5.42. The summed E-state index contributed by atoms with van der Waals surface area (Å²) in [5.74, 6) is 0.608. The Morgan fingerprint density at radius 1 is 1.10 bits per heavy atom. The maximum absolute atomic E-state index is 13.1. The first-order valence-corrected chi connectivity index (χ1v) is 15.0. The molecule has 0 saturated heterocycles. The fourth-order valence-electron chi connectivity index (χ4n) is 4.90. The number of rotatable bonds is 8. The minimum Gasteiger partial charge on any atom is -0.490 e. The van der Waals surface area contributed by atoms with Crippen molar-refractivity contribution in [3.63, 3.8) is 0 Å². The molecule has 3 aromatic carbocycles. The van der Waals surface area contributed by atoms with Crippen molar-refractivity contribution < 1.29 is 14.3 Å². The Hall–Kier alpha value is -3.86. The molecule has 1 aliphatic rings. The van der Waals surface area contributed by atoms with Gasteiger partial charge >= 0.3 is 0 Å². The quantitative estimate of drug-likeness (QED) is 0.118. The summed E-state index contributed by atoms with van der Waals surface area (Å²) in [5.41, 5.74) is 3.20. The van der Waals surface area contributed by atoms with E-state index < -0.39 is 5.91 Å². The molecule has 0 saturated carbocycles. The lowest BCUT2D eigenvalue weighted by molar-refractivity contribution is -0.112. The number of hydrogen-bond donors (Lipinski definition) is 1. The van der Waals surface area contributed by atoms with E-state index in [2.05, 4.69) is 52.2 Å². The number of carbonyl (C=O) groups excluding carboxylic acids is 1. The van der Waals surface area contributed by atoms with Crippen molar-refractivity contribution in [2.45, 2.75) is 39.2 Å². The number of nitriles is 2. The molecule has 1 aliphatic carbocycles. The van der Waals surface area contributed by atoms with Crippen molar-refractivity contribution in [1.29, 1.82) is 10.5 Å². The van der Waals surface area contributed by atoms with E-state index in [0.717, 1.165) is 56.0 Å². The van der Waals surface area contributed by atoms with E-state index in [9.17, 15) is 15.3 Å². The van der Waals surface area contributed by atoms with Crippen LogP contribution in [0, 0.1) is 26.2 Å². The first kappa shape index (κ1) is 27.7. The molecular formula is C32H26IN3O3S. The van der Waals surface area contributed by atoms with E-state index >= 15 is 0 Å². The van der Waals surface area contributed by atoms with Crippen molar-refractivity contribution in [3.8, 4) is 23.6 Å². The van der Waals surface area contributed by atoms with Crippen molar-refractivity contribution in [1.82, 2.24) is 0 Å². The second kappa shape index (κ2) is 12.5. The Bertz CT molecular complexity index is 1710. The van der Waals surface area contributed by atoms with Crippen LogP contribution in [0.1, 0.15) is 46.9 Å². The highest BCUT2D eigenvalue weighted by Crippen LogP contribution is 2.38. The number of fused-ring (bicyclic) bond motifs is 2. The Kier molecular flexibility index (Phi) is 8.69. The monoisotopic (exact) mass is 659 g/mol. The third kappa shape index (κ3) is 5.84. The van der Waals surface area contributed by atoms with Gasteiger partial charge in [0.1, 0.15) is 29.3 Å². The van der Waals surface area contributed by atoms with Crippen LogP contribution < -0.4 is 14.8 Å². The van der Waals surface area contributed by atoms with Gasteiger partial charge in [-0.3, -0.25) is 4.79 Å². The molecule has 40 heavy (non-hydrogen) atoms. The highest BCUT2D eigenvalue weighted by atomic mass is 127. The van der Waals surface area contributed by atoms with Gasteiger partial charge in [0.05, 0.1) is 15.7 Å². The Labute approximate surface area is 251 Å². The van der Waals surface area contributed by atoms with Crippen LogP contribution in [-0.4, -0.2) is 12.5 Å². The van der Waals surface area contributed by atoms with Gasteiger partial charge in [-0.1, -0.05) is 42.5 Å². The molecule has 0 atom stereocenters. The summed E-state index contributed by atoms with van der Waals surface area (Å²) in [7, 11) is 0. The van der Waals surface area contributed by atoms with Crippen LogP contribution in [-0.2, 0) is 24.2 Å². The molecule has 1 N–H and O–H groups in total. The van der Waals surface area contributed by atoms with Gasteiger partial charge in [-0.15, -0.1) is 11.3 Å². The molecule has 0 fully saturated rings. The average molecular weight is 660 g/mol. The molecule has 0 radical (unpaired) electrons. The van der Waals surface area contributed by atoms with Gasteiger partial charge in [0.2, 0.25) is 0 Å². The Morgan fingerprint density at radius 3 is 2.70 bits per heavy atom. The van der Waals surface area contributed by atoms with Crippen molar-refractivity contribution in [2.75, 3.05) is 11.9 Å². The van der Waals surface area contributed by atoms with Gasteiger partial charge in [-0.2, -0.15) is 10.5 Å². The summed E-state index contributed by atoms with van der Waals surface area (Å²) in [5, 5.41) is 25.1. The predicted octanol–water partition coefficient (Wildman–Crippen LogP) is 7.78. The second-order valence-corrected chi connectivity index (χ2v) is 11.6. The van der Waals surface area contributed by atoms with Crippen LogP contribution >= 0.6 is 33.9 Å². The zero-order valence-corrected chi connectivity index (χ0v) is 24.9. The van der Waals surface area contributed by atoms with Crippen LogP contribution in [0.3, 0.4) is 0 Å². The lowest BCUT2D eigenvalue weighted by atomic mass is 9.96. The molecule has 0 spiro atoms. The number of benzene rings is 3. The number of thiophene rings is 1. The molecule has 0 unspecified atom stereocenters. The third-order valence-electron chi connectivity index (χ3n) is 6.77. The van der Waals surface area contributed by atoms with Gasteiger partial charge in [-0.05, 0) is 101 Å². The average Bonchev–Trinajstić information content (AvgIpc) is 3.32. The summed E-state index contributed by atoms with van der Waals surface area (Å²) in [4.78, 5) is 14.2. The van der Waals surface area contributed by atoms with E-state index in [-0.39, 0.29) is 5.57 Å². The van der Waals surface area contributed by atoms with Gasteiger partial charge in [0.25, 0.3) is 5.91 Å². The van der Waals surface area contributed by atoms with Gasteiger partial charge in [0, 0.05) is 4.88 Å². The van der Waals surface area contributed by atoms with E-state index in [4.69, 9.17) is 9.47 Å². The minimum atomic E-state index is -0.540. The minimum absolute atomic E-state index is 0.0575. The lowest BCUT2D eigenvalue weighted by Gasteiger charge is -2.16. The number of carbonyl (C=O) groups is 1. The first-order chi connectivity index (χ1) is 19.5. The molecular weight excluding hydrogens is 633 g/mol. The summed E-state index contributed by atoms with van der Waals surface area (Å²) < 4.78 is 13.0. The highest BCUT2D eigenvalue weighted by molar-refractivity contribution is 14.1. The normalized spacial score (nSPS) is 12.8. The maximum atomic E-state index is 13.1. The van der Waals surface area contributed by atoms with Gasteiger partial charge < -0.3 is 14.8 Å². The van der Waals surface area contributed by atoms with Crippen molar-refractivity contribution in [2.24, 2.45) is 0 Å². The van der Waals surface area contributed by atoms with Crippen LogP contribution in [0.5, 0.6) is 11.5 Å². The lowest BCUT2D eigenvalue weighted by Crippen LogP contribution is -2.13. The van der Waals surface area contributed by atoms with Crippen molar-refractivity contribution in [3.05, 3.63) is 90.9 Å². The summed E-state index contributed by atoms with van der Waals surface area (Å²) in [6.45, 7) is 2.69. The molecule has 1 aromatic heterocycles. The Morgan fingerprint density at radius 2 is 1.90 bits per heavy atom. The predicted molar refractivity (Wildman–Crippen MR) is 167 cm³/mol. The fraction of sp³-hybridized carbons (Fsp3) is 0.219. The van der Waals surface area contributed by atoms with E-state index in [1.165, 1.54) is 17.4 Å². The third-order valence-corrected chi connectivity index (χ3v) is 8.78. The zero-order chi connectivity index (χ0) is 28.1. The van der Waals surface area contributed by atoms with Crippen LogP contribution in [0.4, 0.5) is 5.00 Å². The number of hydrogen-bond acceptors (Lipinski definition) is 6. The molecule has 200 valence electrons. The number of ether oxygens (including phenoxy) is 2. The smallest absolute Gasteiger partial charge is 0.266 e. The number of nitrogens with zero attached hydrogens (tertiary/aromatic N) is 2. The highest BCUT2D eigenvalue weighted by Gasteiger charge is 2.23. The van der Waals surface area contributed by atoms with Gasteiger partial charge in [0.15, 0.2) is 11.5 Å². The zero-order valence-electron chi connectivity index (χ0n) is 21.9. The van der Waals surface area contributed by atoms with Crippen LogP contribution in [0.2, 0.25) is 0 Å². The number of nitrogens with one attached hydrogen (secondary N) is 1. The largest absolute Gasteiger partial charge is 0.490 e. The topological polar surface area (TPSA) is 95.1 Å². The molecule has 4 aromatic rings. The van der Waals surface area contributed by atoms with E-state index in [1.54, 1.807) is 6.07 Å². The number of aryl methyl sites for hydroxylation is 1. The first-order valence-electron chi connectivity index (χ1n) is 13.1. The summed E-state index contributed by atoms with van der Waals surface area (Å²) in [6, 6.07) is 22.2.